The second kappa shape index (κ2) is 17.4. The van der Waals surface area contributed by atoms with Gasteiger partial charge in [-0.15, -0.1) is 6.58 Å². The first kappa shape index (κ1) is 39.0. The minimum absolute atomic E-state index is 0.0268. The van der Waals surface area contributed by atoms with Crippen LogP contribution in [0.1, 0.15) is 66.7 Å². The Morgan fingerprint density at radius 1 is 1.00 bits per heavy atom. The summed E-state index contributed by atoms with van der Waals surface area (Å²) in [6.07, 6.45) is -3.09. The summed E-state index contributed by atoms with van der Waals surface area (Å²) in [5.41, 5.74) is -1.97. The Morgan fingerprint density at radius 3 is 2.27 bits per heavy atom. The predicted molar refractivity (Wildman–Crippen MR) is 178 cm³/mol. The number of alkyl halides is 6. The fourth-order valence-corrected chi connectivity index (χ4v) is 6.88. The molecule has 14 heteroatoms. The zero-order valence-corrected chi connectivity index (χ0v) is 28.8. The van der Waals surface area contributed by atoms with E-state index < -0.39 is 36.0 Å². The Bertz CT molecular complexity index is 1430. The number of nitrogens with zero attached hydrogens (tertiary/aromatic N) is 3. The van der Waals surface area contributed by atoms with Crippen molar-refractivity contribution in [1.29, 1.82) is 0 Å². The number of amides is 1. The van der Waals surface area contributed by atoms with Gasteiger partial charge >= 0.3 is 12.4 Å². The predicted octanol–water partition coefficient (Wildman–Crippen LogP) is 9.25. The number of halogens is 8. The van der Waals surface area contributed by atoms with Crippen LogP contribution in [0.3, 0.4) is 0 Å². The van der Waals surface area contributed by atoms with Crippen LogP contribution in [0, 0.1) is 11.8 Å². The van der Waals surface area contributed by atoms with Crippen molar-refractivity contribution in [1.82, 2.24) is 9.80 Å². The molecule has 2 heterocycles. The molecule has 0 saturated carbocycles. The fraction of sp³-hybridized carbons (Fsp3) is 0.543. The standard InChI is InChI=1S/C35H41Cl2F6N3O3/c1-3-5-25-6-4-12-46(33(25)47)20-23-9-13-45(14-10-23)15-11-29(26-7-8-30(36)31(37)18-26)32(44-48-2)22-49-21-24-16-27(34(38,39)40)19-28(17-24)35(41,42)43/h3,7-8,16-19,23,25,29H,1,4-6,9-15,20-22H2,2H3/b44-32+. The molecule has 6 nitrogen and oxygen atoms in total. The molecule has 1 amide bonds. The zero-order chi connectivity index (χ0) is 35.8. The van der Waals surface area contributed by atoms with Crippen LogP contribution in [0.15, 0.2) is 54.2 Å². The van der Waals surface area contributed by atoms with Gasteiger partial charge in [-0.2, -0.15) is 26.3 Å². The quantitative estimate of drug-likeness (QED) is 0.0841. The van der Waals surface area contributed by atoms with E-state index in [9.17, 15) is 31.1 Å². The van der Waals surface area contributed by atoms with Crippen molar-refractivity contribution in [2.45, 2.75) is 63.4 Å². The van der Waals surface area contributed by atoms with E-state index >= 15 is 0 Å². The molecule has 0 radical (unpaired) electrons. The molecule has 2 saturated heterocycles. The molecule has 49 heavy (non-hydrogen) atoms. The Hall–Kier alpha value is -2.80. The molecule has 270 valence electrons. The van der Waals surface area contributed by atoms with Crippen LogP contribution in [-0.2, 0) is 33.3 Å². The maximum absolute atomic E-state index is 13.4. The van der Waals surface area contributed by atoms with E-state index in [0.29, 0.717) is 53.2 Å². The Kier molecular flexibility index (Phi) is 13.9. The first-order valence-corrected chi connectivity index (χ1v) is 17.0. The first-order valence-electron chi connectivity index (χ1n) is 16.2. The molecular weight excluding hydrogens is 695 g/mol. The van der Waals surface area contributed by atoms with Gasteiger partial charge in [-0.3, -0.25) is 4.79 Å². The number of benzene rings is 2. The molecule has 0 aliphatic carbocycles. The molecule has 0 spiro atoms. The van der Waals surface area contributed by atoms with Crippen LogP contribution in [0.5, 0.6) is 0 Å². The van der Waals surface area contributed by atoms with Crippen LogP contribution in [-0.4, -0.2) is 67.9 Å². The highest BCUT2D eigenvalue weighted by atomic mass is 35.5. The number of allylic oxidation sites excluding steroid dienone is 1. The molecule has 0 aromatic heterocycles. The van der Waals surface area contributed by atoms with Crippen molar-refractivity contribution in [3.63, 3.8) is 0 Å². The van der Waals surface area contributed by atoms with E-state index in [-0.39, 0.29) is 30.1 Å². The van der Waals surface area contributed by atoms with Gasteiger partial charge in [0.2, 0.25) is 5.91 Å². The van der Waals surface area contributed by atoms with Crippen molar-refractivity contribution < 1.29 is 40.7 Å². The van der Waals surface area contributed by atoms with Crippen LogP contribution < -0.4 is 0 Å². The molecular formula is C35H41Cl2F6N3O3. The summed E-state index contributed by atoms with van der Waals surface area (Å²) < 4.78 is 85.9. The smallest absolute Gasteiger partial charge is 0.399 e. The summed E-state index contributed by atoms with van der Waals surface area (Å²) in [5.74, 6) is 0.242. The van der Waals surface area contributed by atoms with Crippen molar-refractivity contribution in [3.05, 3.63) is 81.4 Å². The maximum atomic E-state index is 13.4. The minimum Gasteiger partial charge on any atom is -0.399 e. The number of oxime groups is 1. The van der Waals surface area contributed by atoms with Crippen LogP contribution in [0.2, 0.25) is 10.0 Å². The van der Waals surface area contributed by atoms with Crippen molar-refractivity contribution in [3.8, 4) is 0 Å². The van der Waals surface area contributed by atoms with Crippen molar-refractivity contribution in [2.75, 3.05) is 46.4 Å². The number of carbonyl (C=O) groups is 1. The lowest BCUT2D eigenvalue weighted by molar-refractivity contribution is -0.143. The molecule has 2 atom stereocenters. The van der Waals surface area contributed by atoms with Crippen LogP contribution in [0.4, 0.5) is 26.3 Å². The highest BCUT2D eigenvalue weighted by Crippen LogP contribution is 2.37. The average molecular weight is 737 g/mol. The summed E-state index contributed by atoms with van der Waals surface area (Å²) in [6.45, 7) is 6.91. The normalized spacial score (nSPS) is 19.3. The van der Waals surface area contributed by atoms with E-state index in [1.165, 1.54) is 7.11 Å². The zero-order valence-electron chi connectivity index (χ0n) is 27.3. The van der Waals surface area contributed by atoms with E-state index in [2.05, 4.69) is 16.6 Å². The number of piperidine rings is 2. The molecule has 2 fully saturated rings. The van der Waals surface area contributed by atoms with Gasteiger partial charge in [0, 0.05) is 24.9 Å². The molecule has 2 aromatic carbocycles. The Balaban J connectivity index is 1.42. The number of ether oxygens (including phenoxy) is 1. The van der Waals surface area contributed by atoms with Gasteiger partial charge in [-0.1, -0.05) is 40.5 Å². The lowest BCUT2D eigenvalue weighted by atomic mass is 9.89. The van der Waals surface area contributed by atoms with Gasteiger partial charge in [0.25, 0.3) is 0 Å². The fourth-order valence-electron chi connectivity index (χ4n) is 6.58. The monoisotopic (exact) mass is 735 g/mol. The number of rotatable bonds is 14. The second-order valence-electron chi connectivity index (χ2n) is 12.6. The summed E-state index contributed by atoms with van der Waals surface area (Å²) in [5, 5.41) is 4.82. The number of hydrogen-bond donors (Lipinski definition) is 0. The molecule has 4 rings (SSSR count). The van der Waals surface area contributed by atoms with Crippen LogP contribution >= 0.6 is 23.2 Å². The van der Waals surface area contributed by atoms with Gasteiger partial charge < -0.3 is 19.4 Å². The van der Waals surface area contributed by atoms with Crippen molar-refractivity contribution >= 4 is 34.8 Å². The largest absolute Gasteiger partial charge is 0.416 e. The van der Waals surface area contributed by atoms with E-state index in [1.807, 2.05) is 11.0 Å². The lowest BCUT2D eigenvalue weighted by Gasteiger charge is -2.38. The van der Waals surface area contributed by atoms with E-state index in [0.717, 1.165) is 57.4 Å². The van der Waals surface area contributed by atoms with E-state index in [4.69, 9.17) is 32.8 Å². The Labute approximate surface area is 293 Å². The number of carbonyl (C=O) groups excluding carboxylic acids is 1. The summed E-state index contributed by atoms with van der Waals surface area (Å²) >= 11 is 12.5. The van der Waals surface area contributed by atoms with Gasteiger partial charge in [-0.25, -0.2) is 0 Å². The van der Waals surface area contributed by atoms with Crippen LogP contribution in [0.25, 0.3) is 0 Å². The highest BCUT2D eigenvalue weighted by molar-refractivity contribution is 6.42. The highest BCUT2D eigenvalue weighted by Gasteiger charge is 2.37. The summed E-state index contributed by atoms with van der Waals surface area (Å²) in [4.78, 5) is 22.4. The lowest BCUT2D eigenvalue weighted by Crippen LogP contribution is -2.45. The second-order valence-corrected chi connectivity index (χ2v) is 13.4. The third-order valence-electron chi connectivity index (χ3n) is 9.14. The average Bonchev–Trinajstić information content (AvgIpc) is 3.04. The number of hydrogen-bond acceptors (Lipinski definition) is 5. The summed E-state index contributed by atoms with van der Waals surface area (Å²) in [7, 11) is 1.34. The molecule has 0 bridgehead atoms. The SMILES string of the molecule is C=CCC1CCCN(CC2CCN(CCC(/C(COCc3cc(C(F)(F)F)cc(C(F)(F)F)c3)=N/OC)c3ccc(Cl)c(Cl)c3)CC2)C1=O. The third kappa shape index (κ3) is 11.1. The van der Waals surface area contributed by atoms with Gasteiger partial charge in [0.05, 0.1) is 40.1 Å². The van der Waals surface area contributed by atoms with E-state index in [1.54, 1.807) is 18.2 Å². The van der Waals surface area contributed by atoms with Crippen molar-refractivity contribution in [2.24, 2.45) is 17.0 Å². The van der Waals surface area contributed by atoms with Gasteiger partial charge in [-0.05, 0) is 106 Å². The molecule has 2 aromatic rings. The first-order chi connectivity index (χ1) is 23.2. The molecule has 2 unspecified atom stereocenters. The topological polar surface area (TPSA) is 54.4 Å². The molecule has 2 aliphatic rings. The maximum Gasteiger partial charge on any atom is 0.416 e. The molecule has 2 aliphatic heterocycles. The minimum atomic E-state index is -4.97. The third-order valence-corrected chi connectivity index (χ3v) is 9.87. The summed E-state index contributed by atoms with van der Waals surface area (Å²) in [6, 6.07) is 6.49. The number of likely N-dealkylation sites (tertiary alicyclic amines) is 2. The molecule has 0 N–H and O–H groups in total. The van der Waals surface area contributed by atoms with Gasteiger partial charge in [0.1, 0.15) is 7.11 Å². The van der Waals surface area contributed by atoms with Gasteiger partial charge in [0.15, 0.2) is 0 Å². The Morgan fingerprint density at radius 2 is 1.67 bits per heavy atom.